The van der Waals surface area contributed by atoms with E-state index in [1.807, 2.05) is 0 Å². The maximum atomic E-state index is 6.12. The summed E-state index contributed by atoms with van der Waals surface area (Å²) in [6.07, 6.45) is 9.14. The summed E-state index contributed by atoms with van der Waals surface area (Å²) in [4.78, 5) is 0. The summed E-state index contributed by atoms with van der Waals surface area (Å²) in [6, 6.07) is 0. The molecule has 4 aliphatic rings. The Bertz CT molecular complexity index is 251. The Balaban J connectivity index is 1.80. The van der Waals surface area contributed by atoms with Gasteiger partial charge in [0.2, 0.25) is 0 Å². The Labute approximate surface area is 110 Å². The van der Waals surface area contributed by atoms with Crippen molar-refractivity contribution in [2.24, 2.45) is 28.9 Å². The lowest BCUT2D eigenvalue weighted by Crippen LogP contribution is -2.52. The average molecular weight is 253 g/mol. The molecule has 1 unspecified atom stereocenters. The van der Waals surface area contributed by atoms with Crippen LogP contribution >= 0.6 is 11.8 Å². The van der Waals surface area contributed by atoms with Crippen molar-refractivity contribution in [3.63, 3.8) is 0 Å². The van der Waals surface area contributed by atoms with E-state index in [1.54, 1.807) is 19.3 Å². The molecule has 4 aliphatic carbocycles. The van der Waals surface area contributed by atoms with E-state index in [2.05, 4.69) is 25.6 Å². The predicted molar refractivity (Wildman–Crippen MR) is 76.2 cm³/mol. The van der Waals surface area contributed by atoms with Gasteiger partial charge in [0.15, 0.2) is 0 Å². The molecule has 0 radical (unpaired) electrons. The number of hydrogen-bond donors (Lipinski definition) is 1. The molecule has 0 aromatic heterocycles. The van der Waals surface area contributed by atoms with Gasteiger partial charge in [-0.1, -0.05) is 13.8 Å². The highest BCUT2D eigenvalue weighted by Crippen LogP contribution is 2.63. The van der Waals surface area contributed by atoms with E-state index in [0.717, 1.165) is 34.8 Å². The summed E-state index contributed by atoms with van der Waals surface area (Å²) < 4.78 is 0. The third kappa shape index (κ3) is 2.16. The summed E-state index contributed by atoms with van der Waals surface area (Å²) in [5.74, 6) is 3.18. The molecule has 4 saturated carbocycles. The highest BCUT2D eigenvalue weighted by atomic mass is 32.2. The van der Waals surface area contributed by atoms with Crippen LogP contribution < -0.4 is 5.73 Å². The van der Waals surface area contributed by atoms with Crippen LogP contribution in [0.5, 0.6) is 0 Å². The molecule has 4 rings (SSSR count). The van der Waals surface area contributed by atoms with Gasteiger partial charge in [0.1, 0.15) is 0 Å². The lowest BCUT2D eigenvalue weighted by Gasteiger charge is -2.59. The van der Waals surface area contributed by atoms with Crippen LogP contribution in [0.15, 0.2) is 0 Å². The first-order chi connectivity index (χ1) is 8.11. The maximum absolute atomic E-state index is 6.12. The highest BCUT2D eigenvalue weighted by Gasteiger charge is 2.53. The van der Waals surface area contributed by atoms with Crippen LogP contribution in [-0.4, -0.2) is 17.0 Å². The van der Waals surface area contributed by atoms with Crippen LogP contribution in [-0.2, 0) is 0 Å². The van der Waals surface area contributed by atoms with Crippen molar-refractivity contribution in [2.75, 3.05) is 6.54 Å². The minimum absolute atomic E-state index is 0.637. The third-order valence-electron chi connectivity index (χ3n) is 5.42. The fraction of sp³-hybridized carbons (Fsp3) is 1.00. The summed E-state index contributed by atoms with van der Waals surface area (Å²) in [6.45, 7) is 5.55. The molecule has 2 heteroatoms. The van der Waals surface area contributed by atoms with Gasteiger partial charge in [0.05, 0.1) is 0 Å². The standard InChI is InChI=1S/C15H27NS/c1-10(2)17-14(9-16)15-6-11-3-12(7-15)5-13(4-11)8-15/h10-14H,3-9,16H2,1-2H3. The van der Waals surface area contributed by atoms with Gasteiger partial charge in [-0.3, -0.25) is 0 Å². The summed E-state index contributed by atoms with van der Waals surface area (Å²) >= 11 is 2.16. The van der Waals surface area contributed by atoms with Gasteiger partial charge in [0, 0.05) is 11.8 Å². The predicted octanol–water partition coefficient (Wildman–Crippen LogP) is 3.67. The van der Waals surface area contributed by atoms with Gasteiger partial charge < -0.3 is 5.73 Å². The van der Waals surface area contributed by atoms with Crippen molar-refractivity contribution in [3.8, 4) is 0 Å². The molecule has 17 heavy (non-hydrogen) atoms. The normalized spacial score (nSPS) is 45.5. The molecule has 0 aliphatic heterocycles. The van der Waals surface area contributed by atoms with E-state index >= 15 is 0 Å². The second kappa shape index (κ2) is 4.45. The van der Waals surface area contributed by atoms with Gasteiger partial charge >= 0.3 is 0 Å². The summed E-state index contributed by atoms with van der Waals surface area (Å²) in [5, 5.41) is 1.47. The molecule has 0 heterocycles. The number of thioether (sulfide) groups is 1. The first-order valence-corrected chi connectivity index (χ1v) is 8.41. The lowest BCUT2D eigenvalue weighted by molar-refractivity contribution is -0.0521. The zero-order valence-electron chi connectivity index (χ0n) is 11.3. The Morgan fingerprint density at radius 2 is 1.53 bits per heavy atom. The second-order valence-electron chi connectivity index (χ2n) is 7.19. The summed E-state index contributed by atoms with van der Waals surface area (Å²) in [5.41, 5.74) is 6.76. The fourth-order valence-electron chi connectivity index (χ4n) is 5.35. The Morgan fingerprint density at radius 3 is 1.88 bits per heavy atom. The van der Waals surface area contributed by atoms with E-state index in [4.69, 9.17) is 5.73 Å². The molecular weight excluding hydrogens is 226 g/mol. The van der Waals surface area contributed by atoms with Gasteiger partial charge in [-0.25, -0.2) is 0 Å². The van der Waals surface area contributed by atoms with E-state index in [0.29, 0.717) is 5.41 Å². The van der Waals surface area contributed by atoms with E-state index in [9.17, 15) is 0 Å². The van der Waals surface area contributed by atoms with Gasteiger partial charge in [-0.05, 0) is 66.9 Å². The van der Waals surface area contributed by atoms with Crippen molar-refractivity contribution in [3.05, 3.63) is 0 Å². The molecular formula is C15H27NS. The van der Waals surface area contributed by atoms with Crippen LogP contribution in [0, 0.1) is 23.2 Å². The van der Waals surface area contributed by atoms with Gasteiger partial charge in [-0.2, -0.15) is 11.8 Å². The lowest BCUT2D eigenvalue weighted by atomic mass is 9.48. The molecule has 4 bridgehead atoms. The maximum Gasteiger partial charge on any atom is 0.0229 e. The van der Waals surface area contributed by atoms with Crippen LogP contribution in [0.25, 0.3) is 0 Å². The first-order valence-electron chi connectivity index (χ1n) is 7.47. The molecule has 2 N–H and O–H groups in total. The zero-order chi connectivity index (χ0) is 12.0. The molecule has 98 valence electrons. The van der Waals surface area contributed by atoms with Crippen molar-refractivity contribution in [1.82, 2.24) is 0 Å². The van der Waals surface area contributed by atoms with Crippen LogP contribution in [0.3, 0.4) is 0 Å². The number of rotatable bonds is 4. The molecule has 0 aromatic rings. The molecule has 0 aromatic carbocycles. The molecule has 1 nitrogen and oxygen atoms in total. The monoisotopic (exact) mass is 253 g/mol. The van der Waals surface area contributed by atoms with Gasteiger partial charge in [0.25, 0.3) is 0 Å². The number of nitrogens with two attached hydrogens (primary N) is 1. The van der Waals surface area contributed by atoms with Crippen molar-refractivity contribution in [1.29, 1.82) is 0 Å². The average Bonchev–Trinajstić information content (AvgIpc) is 2.23. The Hall–Kier alpha value is 0.310. The molecule has 0 amide bonds. The van der Waals surface area contributed by atoms with Crippen molar-refractivity contribution < 1.29 is 0 Å². The van der Waals surface area contributed by atoms with Crippen molar-refractivity contribution in [2.45, 2.75) is 62.9 Å². The minimum atomic E-state index is 0.637. The molecule has 0 saturated heterocycles. The fourth-order valence-corrected chi connectivity index (χ4v) is 6.70. The van der Waals surface area contributed by atoms with Crippen LogP contribution in [0.4, 0.5) is 0 Å². The van der Waals surface area contributed by atoms with Crippen LogP contribution in [0.1, 0.15) is 52.4 Å². The molecule has 1 atom stereocenters. The van der Waals surface area contributed by atoms with E-state index in [1.165, 1.54) is 19.3 Å². The smallest absolute Gasteiger partial charge is 0.0229 e. The second-order valence-corrected chi connectivity index (χ2v) is 8.97. The quantitative estimate of drug-likeness (QED) is 0.827. The topological polar surface area (TPSA) is 26.0 Å². The van der Waals surface area contributed by atoms with Crippen LogP contribution in [0.2, 0.25) is 0 Å². The summed E-state index contributed by atoms with van der Waals surface area (Å²) in [7, 11) is 0. The van der Waals surface area contributed by atoms with E-state index in [-0.39, 0.29) is 0 Å². The van der Waals surface area contributed by atoms with E-state index < -0.39 is 0 Å². The molecule has 0 spiro atoms. The number of hydrogen-bond acceptors (Lipinski definition) is 2. The largest absolute Gasteiger partial charge is 0.329 e. The minimum Gasteiger partial charge on any atom is -0.329 e. The van der Waals surface area contributed by atoms with Gasteiger partial charge in [-0.15, -0.1) is 0 Å². The highest BCUT2D eigenvalue weighted by molar-refractivity contribution is 8.00. The van der Waals surface area contributed by atoms with Crippen molar-refractivity contribution >= 4 is 11.8 Å². The zero-order valence-corrected chi connectivity index (χ0v) is 12.1. The third-order valence-corrected chi connectivity index (χ3v) is 6.98. The SMILES string of the molecule is CC(C)SC(CN)C12CC3CC(CC(C3)C1)C2. The molecule has 4 fully saturated rings. The Morgan fingerprint density at radius 1 is 1.06 bits per heavy atom. The first kappa shape index (κ1) is 12.3. The Kier molecular flexibility index (Phi) is 3.23.